The van der Waals surface area contributed by atoms with Crippen molar-refractivity contribution < 1.29 is 17.9 Å². The molecule has 1 aromatic rings. The van der Waals surface area contributed by atoms with Crippen LogP contribution in [0.4, 0.5) is 0 Å². The van der Waals surface area contributed by atoms with E-state index >= 15 is 0 Å². The summed E-state index contributed by atoms with van der Waals surface area (Å²) in [6.45, 7) is 1.55. The highest BCUT2D eigenvalue weighted by molar-refractivity contribution is 7.89. The first-order valence-electron chi connectivity index (χ1n) is 7.99. The van der Waals surface area contributed by atoms with Crippen molar-refractivity contribution in [2.45, 2.75) is 48.6 Å². The van der Waals surface area contributed by atoms with E-state index in [1.54, 1.807) is 12.1 Å². The molecule has 0 amide bonds. The van der Waals surface area contributed by atoms with Gasteiger partial charge in [-0.15, -0.1) is 0 Å². The van der Waals surface area contributed by atoms with Crippen LogP contribution in [0, 0.1) is 0 Å². The van der Waals surface area contributed by atoms with Crippen LogP contribution in [-0.2, 0) is 21.2 Å². The molecular formula is C16H24N2O4S. The average Bonchev–Trinajstić information content (AvgIpc) is 2.91. The first-order valence-corrected chi connectivity index (χ1v) is 9.54. The number of hydrogen-bond donors (Lipinski definition) is 2. The summed E-state index contributed by atoms with van der Waals surface area (Å²) >= 11 is 0. The lowest BCUT2D eigenvalue weighted by atomic mass is 9.77. The molecule has 1 saturated heterocycles. The lowest BCUT2D eigenvalue weighted by Crippen LogP contribution is -2.38. The van der Waals surface area contributed by atoms with E-state index in [0.717, 1.165) is 31.6 Å². The largest absolute Gasteiger partial charge is 0.495 e. The normalized spacial score (nSPS) is 23.0. The van der Waals surface area contributed by atoms with Crippen molar-refractivity contribution >= 4 is 10.0 Å². The van der Waals surface area contributed by atoms with Gasteiger partial charge < -0.3 is 14.8 Å². The molecule has 3 rings (SSSR count). The second-order valence-electron chi connectivity index (χ2n) is 6.48. The highest BCUT2D eigenvalue weighted by Crippen LogP contribution is 2.43. The van der Waals surface area contributed by atoms with Crippen molar-refractivity contribution in [2.75, 3.05) is 20.3 Å². The SMILES string of the molecule is COc1ccc(CCNC2COC3(CCC3)C2)cc1S(N)(=O)=O. The van der Waals surface area contributed by atoms with Gasteiger partial charge in [-0.2, -0.15) is 0 Å². The van der Waals surface area contributed by atoms with Gasteiger partial charge in [-0.05, 0) is 56.3 Å². The molecule has 3 N–H and O–H groups in total. The van der Waals surface area contributed by atoms with E-state index in [-0.39, 0.29) is 16.2 Å². The molecule has 2 fully saturated rings. The Morgan fingerprint density at radius 1 is 1.43 bits per heavy atom. The Morgan fingerprint density at radius 2 is 2.22 bits per heavy atom. The number of benzene rings is 1. The Morgan fingerprint density at radius 3 is 2.78 bits per heavy atom. The molecular weight excluding hydrogens is 316 g/mol. The average molecular weight is 340 g/mol. The van der Waals surface area contributed by atoms with Crippen LogP contribution in [0.15, 0.2) is 23.1 Å². The molecule has 1 aliphatic heterocycles. The van der Waals surface area contributed by atoms with E-state index in [4.69, 9.17) is 14.6 Å². The van der Waals surface area contributed by atoms with Crippen molar-refractivity contribution in [1.82, 2.24) is 5.32 Å². The summed E-state index contributed by atoms with van der Waals surface area (Å²) in [5.41, 5.74) is 1.07. The second kappa shape index (κ2) is 6.39. The van der Waals surface area contributed by atoms with Gasteiger partial charge in [0.2, 0.25) is 10.0 Å². The minimum atomic E-state index is -3.79. The summed E-state index contributed by atoms with van der Waals surface area (Å²) in [5.74, 6) is 0.278. The van der Waals surface area contributed by atoms with Gasteiger partial charge in [0.05, 0.1) is 19.3 Å². The highest BCUT2D eigenvalue weighted by atomic mass is 32.2. The van der Waals surface area contributed by atoms with Crippen LogP contribution >= 0.6 is 0 Å². The number of primary sulfonamides is 1. The van der Waals surface area contributed by atoms with Crippen LogP contribution in [0.2, 0.25) is 0 Å². The quantitative estimate of drug-likeness (QED) is 0.812. The van der Waals surface area contributed by atoms with E-state index in [1.807, 2.05) is 6.07 Å². The number of sulfonamides is 1. The Kier molecular flexibility index (Phi) is 4.64. The Hall–Kier alpha value is -1.15. The molecule has 0 aromatic heterocycles. The van der Waals surface area contributed by atoms with Crippen LogP contribution in [0.3, 0.4) is 0 Å². The van der Waals surface area contributed by atoms with Gasteiger partial charge >= 0.3 is 0 Å². The maximum atomic E-state index is 11.6. The zero-order valence-electron chi connectivity index (χ0n) is 13.4. The summed E-state index contributed by atoms with van der Waals surface area (Å²) in [6.07, 6.45) is 5.45. The summed E-state index contributed by atoms with van der Waals surface area (Å²) < 4.78 is 34.2. The molecule has 0 bridgehead atoms. The molecule has 0 radical (unpaired) electrons. The lowest BCUT2D eigenvalue weighted by Gasteiger charge is -2.37. The lowest BCUT2D eigenvalue weighted by molar-refractivity contribution is -0.0563. The number of rotatable bonds is 6. The van der Waals surface area contributed by atoms with Gasteiger partial charge in [0.1, 0.15) is 10.6 Å². The zero-order valence-corrected chi connectivity index (χ0v) is 14.2. The first kappa shape index (κ1) is 16.7. The van der Waals surface area contributed by atoms with Gasteiger partial charge in [0.25, 0.3) is 0 Å². The van der Waals surface area contributed by atoms with Gasteiger partial charge in [0.15, 0.2) is 0 Å². The van der Waals surface area contributed by atoms with Crippen molar-refractivity contribution in [3.8, 4) is 5.75 Å². The van der Waals surface area contributed by atoms with Crippen LogP contribution in [0.5, 0.6) is 5.75 Å². The van der Waals surface area contributed by atoms with Gasteiger partial charge in [0, 0.05) is 6.04 Å². The van der Waals surface area contributed by atoms with Gasteiger partial charge in [-0.25, -0.2) is 13.6 Å². The minimum absolute atomic E-state index is 0.0371. The molecule has 1 saturated carbocycles. The summed E-state index contributed by atoms with van der Waals surface area (Å²) in [5, 5.41) is 8.75. The van der Waals surface area contributed by atoms with E-state index in [2.05, 4.69) is 5.32 Å². The van der Waals surface area contributed by atoms with Crippen LogP contribution in [0.1, 0.15) is 31.2 Å². The van der Waals surface area contributed by atoms with E-state index in [1.165, 1.54) is 26.4 Å². The Bertz CT molecular complexity index is 671. The second-order valence-corrected chi connectivity index (χ2v) is 8.01. The van der Waals surface area contributed by atoms with Crippen molar-refractivity contribution in [3.63, 3.8) is 0 Å². The third kappa shape index (κ3) is 3.68. The molecule has 1 spiro atoms. The molecule has 1 aromatic carbocycles. The summed E-state index contributed by atoms with van der Waals surface area (Å²) in [4.78, 5) is 0.0371. The highest BCUT2D eigenvalue weighted by Gasteiger charge is 2.44. The standard InChI is InChI=1S/C16H24N2O4S/c1-21-14-4-3-12(9-15(14)23(17,19)20)5-8-18-13-10-16(22-11-13)6-2-7-16/h3-4,9,13,18H,2,5-8,10-11H2,1H3,(H2,17,19,20). The summed E-state index contributed by atoms with van der Waals surface area (Å²) in [6, 6.07) is 5.51. The first-order chi connectivity index (χ1) is 10.9. The maximum absolute atomic E-state index is 11.6. The third-order valence-electron chi connectivity index (χ3n) is 4.86. The van der Waals surface area contributed by atoms with Crippen molar-refractivity contribution in [2.24, 2.45) is 5.14 Å². The van der Waals surface area contributed by atoms with Crippen LogP contribution in [0.25, 0.3) is 0 Å². The predicted molar refractivity (Wildman–Crippen MR) is 87.0 cm³/mol. The van der Waals surface area contributed by atoms with E-state index in [9.17, 15) is 8.42 Å². The third-order valence-corrected chi connectivity index (χ3v) is 5.79. The molecule has 128 valence electrons. The number of methoxy groups -OCH3 is 1. The van der Waals surface area contributed by atoms with E-state index in [0.29, 0.717) is 6.04 Å². The summed E-state index contributed by atoms with van der Waals surface area (Å²) in [7, 11) is -2.35. The minimum Gasteiger partial charge on any atom is -0.495 e. The molecule has 23 heavy (non-hydrogen) atoms. The Balaban J connectivity index is 1.56. The molecule has 7 heteroatoms. The van der Waals surface area contributed by atoms with Gasteiger partial charge in [-0.1, -0.05) is 6.07 Å². The number of nitrogens with one attached hydrogen (secondary N) is 1. The van der Waals surface area contributed by atoms with Gasteiger partial charge in [-0.3, -0.25) is 0 Å². The van der Waals surface area contributed by atoms with E-state index < -0.39 is 10.0 Å². The molecule has 1 atom stereocenters. The monoisotopic (exact) mass is 340 g/mol. The topological polar surface area (TPSA) is 90.7 Å². The number of nitrogens with two attached hydrogens (primary N) is 1. The fourth-order valence-corrected chi connectivity index (χ4v) is 4.16. The molecule has 1 heterocycles. The maximum Gasteiger partial charge on any atom is 0.241 e. The number of ether oxygens (including phenoxy) is 2. The Labute approximate surface area is 137 Å². The molecule has 6 nitrogen and oxygen atoms in total. The fraction of sp³-hybridized carbons (Fsp3) is 0.625. The molecule has 2 aliphatic rings. The van der Waals surface area contributed by atoms with Crippen LogP contribution < -0.4 is 15.2 Å². The van der Waals surface area contributed by atoms with Crippen molar-refractivity contribution in [1.29, 1.82) is 0 Å². The van der Waals surface area contributed by atoms with Crippen LogP contribution in [-0.4, -0.2) is 40.3 Å². The predicted octanol–water partition coefficient (Wildman–Crippen LogP) is 1.19. The zero-order chi connectivity index (χ0) is 16.5. The number of hydrogen-bond acceptors (Lipinski definition) is 5. The van der Waals surface area contributed by atoms with Crippen molar-refractivity contribution in [3.05, 3.63) is 23.8 Å². The fourth-order valence-electron chi connectivity index (χ4n) is 3.41. The molecule has 1 unspecified atom stereocenters. The smallest absolute Gasteiger partial charge is 0.241 e. The molecule has 1 aliphatic carbocycles.